The van der Waals surface area contributed by atoms with Gasteiger partial charge in [-0.3, -0.25) is 4.79 Å². The molecule has 2 heterocycles. The molecule has 1 atom stereocenters. The summed E-state index contributed by atoms with van der Waals surface area (Å²) < 4.78 is 0. The number of hydrogen-bond donors (Lipinski definition) is 2. The van der Waals surface area contributed by atoms with Gasteiger partial charge in [-0.15, -0.1) is 0 Å². The highest BCUT2D eigenvalue weighted by atomic mass is 32.2. The predicted molar refractivity (Wildman–Crippen MR) is 65.4 cm³/mol. The fourth-order valence-corrected chi connectivity index (χ4v) is 3.01. The van der Waals surface area contributed by atoms with Crippen LogP contribution in [0, 0.1) is 5.92 Å². The summed E-state index contributed by atoms with van der Waals surface area (Å²) in [6.07, 6.45) is 6.45. The number of carbonyl (C=O) groups excluding carboxylic acids is 1. The van der Waals surface area contributed by atoms with E-state index in [1.165, 1.54) is 0 Å². The number of nitrogens with zero attached hydrogens (tertiary/aromatic N) is 1. The van der Waals surface area contributed by atoms with Gasteiger partial charge in [0.1, 0.15) is 5.82 Å². The standard InChI is InChI=1S/C11H17N3OS/c15-11(9-3-7-16-8-9)14-4-1-2-10-12-5-6-13-10/h5-6,9H,1-4,7-8H2,(H,12,13)(H,14,15). The number of imidazole rings is 1. The normalized spacial score (nSPS) is 19.9. The second kappa shape index (κ2) is 5.94. The number of aromatic amines is 1. The Morgan fingerprint density at radius 3 is 3.31 bits per heavy atom. The fourth-order valence-electron chi connectivity index (χ4n) is 1.79. The van der Waals surface area contributed by atoms with Crippen molar-refractivity contribution in [2.45, 2.75) is 19.3 Å². The van der Waals surface area contributed by atoms with E-state index in [0.717, 1.165) is 43.1 Å². The van der Waals surface area contributed by atoms with E-state index in [0.29, 0.717) is 0 Å². The Bertz CT molecular complexity index is 320. The zero-order chi connectivity index (χ0) is 11.2. The summed E-state index contributed by atoms with van der Waals surface area (Å²) >= 11 is 1.87. The molecule has 0 aliphatic carbocycles. The van der Waals surface area contributed by atoms with Crippen LogP contribution in [-0.4, -0.2) is 33.9 Å². The van der Waals surface area contributed by atoms with Crippen LogP contribution >= 0.6 is 11.8 Å². The van der Waals surface area contributed by atoms with Crippen LogP contribution in [0.4, 0.5) is 0 Å². The van der Waals surface area contributed by atoms with Crippen LogP contribution in [0.25, 0.3) is 0 Å². The third-order valence-corrected chi connectivity index (χ3v) is 3.91. The molecule has 4 nitrogen and oxygen atoms in total. The zero-order valence-corrected chi connectivity index (χ0v) is 10.1. The summed E-state index contributed by atoms with van der Waals surface area (Å²) in [7, 11) is 0. The molecule has 2 N–H and O–H groups in total. The van der Waals surface area contributed by atoms with Crippen LogP contribution < -0.4 is 5.32 Å². The number of nitrogens with one attached hydrogen (secondary N) is 2. The SMILES string of the molecule is O=C(NCCCc1ncc[nH]1)C1CCSC1. The lowest BCUT2D eigenvalue weighted by Crippen LogP contribution is -2.31. The largest absolute Gasteiger partial charge is 0.356 e. The molecule has 88 valence electrons. The Labute approximate surface area is 99.6 Å². The van der Waals surface area contributed by atoms with E-state index in [4.69, 9.17) is 0 Å². The fraction of sp³-hybridized carbons (Fsp3) is 0.636. The molecule has 1 unspecified atom stereocenters. The Kier molecular flexibility index (Phi) is 4.27. The third kappa shape index (κ3) is 3.27. The van der Waals surface area contributed by atoms with E-state index in [1.807, 2.05) is 18.0 Å². The summed E-state index contributed by atoms with van der Waals surface area (Å²) in [6.45, 7) is 0.751. The molecule has 1 aliphatic rings. The van der Waals surface area contributed by atoms with Crippen LogP contribution in [0.1, 0.15) is 18.7 Å². The van der Waals surface area contributed by atoms with Gasteiger partial charge < -0.3 is 10.3 Å². The summed E-state index contributed by atoms with van der Waals surface area (Å²) in [4.78, 5) is 18.9. The summed E-state index contributed by atoms with van der Waals surface area (Å²) in [5.41, 5.74) is 0. The second-order valence-electron chi connectivity index (χ2n) is 3.99. The van der Waals surface area contributed by atoms with E-state index >= 15 is 0 Å². The number of amides is 1. The van der Waals surface area contributed by atoms with Crippen LogP contribution in [0.5, 0.6) is 0 Å². The van der Waals surface area contributed by atoms with Crippen molar-refractivity contribution in [1.82, 2.24) is 15.3 Å². The van der Waals surface area contributed by atoms with Crippen molar-refractivity contribution in [3.05, 3.63) is 18.2 Å². The van der Waals surface area contributed by atoms with E-state index in [2.05, 4.69) is 15.3 Å². The Morgan fingerprint density at radius 2 is 2.62 bits per heavy atom. The van der Waals surface area contributed by atoms with Crippen LogP contribution in [-0.2, 0) is 11.2 Å². The molecular formula is C11H17N3OS. The lowest BCUT2D eigenvalue weighted by molar-refractivity contribution is -0.124. The van der Waals surface area contributed by atoms with Gasteiger partial charge in [0.2, 0.25) is 5.91 Å². The van der Waals surface area contributed by atoms with Crippen molar-refractivity contribution in [1.29, 1.82) is 0 Å². The van der Waals surface area contributed by atoms with Gasteiger partial charge in [0.05, 0.1) is 0 Å². The predicted octanol–water partition coefficient (Wildman–Crippen LogP) is 1.21. The molecule has 16 heavy (non-hydrogen) atoms. The number of thioether (sulfide) groups is 1. The Morgan fingerprint density at radius 1 is 1.69 bits per heavy atom. The first kappa shape index (κ1) is 11.5. The highest BCUT2D eigenvalue weighted by Gasteiger charge is 2.22. The molecule has 5 heteroatoms. The van der Waals surface area contributed by atoms with Gasteiger partial charge in [-0.1, -0.05) is 0 Å². The van der Waals surface area contributed by atoms with Gasteiger partial charge >= 0.3 is 0 Å². The number of rotatable bonds is 5. The minimum atomic E-state index is 0.226. The molecule has 2 rings (SSSR count). The Hall–Kier alpha value is -0.970. The summed E-state index contributed by atoms with van der Waals surface area (Å²) in [5, 5.41) is 2.99. The van der Waals surface area contributed by atoms with Crippen molar-refractivity contribution < 1.29 is 4.79 Å². The quantitative estimate of drug-likeness (QED) is 0.759. The number of H-pyrrole nitrogens is 1. The smallest absolute Gasteiger partial charge is 0.223 e. The van der Waals surface area contributed by atoms with Crippen molar-refractivity contribution in [3.63, 3.8) is 0 Å². The van der Waals surface area contributed by atoms with E-state index < -0.39 is 0 Å². The maximum atomic E-state index is 11.7. The lowest BCUT2D eigenvalue weighted by Gasteiger charge is -2.08. The molecule has 1 aromatic rings. The lowest BCUT2D eigenvalue weighted by atomic mass is 10.1. The number of aromatic nitrogens is 2. The maximum absolute atomic E-state index is 11.7. The molecular weight excluding hydrogens is 222 g/mol. The maximum Gasteiger partial charge on any atom is 0.223 e. The van der Waals surface area contributed by atoms with Crippen LogP contribution in [0.3, 0.4) is 0 Å². The summed E-state index contributed by atoms with van der Waals surface area (Å²) in [6, 6.07) is 0. The first-order valence-electron chi connectivity index (χ1n) is 5.70. The van der Waals surface area contributed by atoms with Gasteiger partial charge in [-0.2, -0.15) is 11.8 Å². The zero-order valence-electron chi connectivity index (χ0n) is 9.24. The average molecular weight is 239 g/mol. The van der Waals surface area contributed by atoms with Crippen molar-refractivity contribution >= 4 is 17.7 Å². The van der Waals surface area contributed by atoms with Crippen molar-refractivity contribution in [2.24, 2.45) is 5.92 Å². The molecule has 1 aromatic heterocycles. The van der Waals surface area contributed by atoms with E-state index in [-0.39, 0.29) is 11.8 Å². The molecule has 1 fully saturated rings. The van der Waals surface area contributed by atoms with Gasteiger partial charge in [-0.25, -0.2) is 4.98 Å². The number of hydrogen-bond acceptors (Lipinski definition) is 3. The average Bonchev–Trinajstić information content (AvgIpc) is 2.96. The van der Waals surface area contributed by atoms with Gasteiger partial charge in [-0.05, 0) is 18.6 Å². The Balaban J connectivity index is 1.59. The molecule has 0 saturated carbocycles. The van der Waals surface area contributed by atoms with E-state index in [9.17, 15) is 4.79 Å². The molecule has 0 spiro atoms. The van der Waals surface area contributed by atoms with Gasteiger partial charge in [0, 0.05) is 37.0 Å². The summed E-state index contributed by atoms with van der Waals surface area (Å²) in [5.74, 6) is 3.58. The molecule has 0 aromatic carbocycles. The molecule has 1 amide bonds. The van der Waals surface area contributed by atoms with Gasteiger partial charge in [0.25, 0.3) is 0 Å². The van der Waals surface area contributed by atoms with Crippen molar-refractivity contribution in [2.75, 3.05) is 18.1 Å². The van der Waals surface area contributed by atoms with Gasteiger partial charge in [0.15, 0.2) is 0 Å². The number of carbonyl (C=O) groups is 1. The molecule has 0 radical (unpaired) electrons. The third-order valence-electron chi connectivity index (χ3n) is 2.74. The molecule has 1 saturated heterocycles. The van der Waals surface area contributed by atoms with Crippen molar-refractivity contribution in [3.8, 4) is 0 Å². The first-order chi connectivity index (χ1) is 7.86. The molecule has 0 bridgehead atoms. The van der Waals surface area contributed by atoms with E-state index in [1.54, 1.807) is 6.20 Å². The minimum absolute atomic E-state index is 0.226. The minimum Gasteiger partial charge on any atom is -0.356 e. The highest BCUT2D eigenvalue weighted by molar-refractivity contribution is 7.99. The number of aryl methyl sites for hydroxylation is 1. The van der Waals surface area contributed by atoms with Crippen LogP contribution in [0.2, 0.25) is 0 Å². The second-order valence-corrected chi connectivity index (χ2v) is 5.14. The topological polar surface area (TPSA) is 57.8 Å². The first-order valence-corrected chi connectivity index (χ1v) is 6.85. The van der Waals surface area contributed by atoms with Crippen LogP contribution in [0.15, 0.2) is 12.4 Å². The highest BCUT2D eigenvalue weighted by Crippen LogP contribution is 2.23. The molecule has 1 aliphatic heterocycles. The monoisotopic (exact) mass is 239 g/mol.